The largest absolute Gasteiger partial charge is 0.480 e. The van der Waals surface area contributed by atoms with E-state index in [1.807, 2.05) is 55.4 Å². The van der Waals surface area contributed by atoms with Crippen molar-refractivity contribution in [3.8, 4) is 0 Å². The van der Waals surface area contributed by atoms with Crippen molar-refractivity contribution in [2.45, 2.75) is 189 Å². The van der Waals surface area contributed by atoms with Crippen LogP contribution in [0.15, 0.2) is 53.7 Å². The second kappa shape index (κ2) is 23.6. The third-order valence-corrected chi connectivity index (χ3v) is 22.5. The molecule has 0 aromatic heterocycles. The van der Waals surface area contributed by atoms with Crippen molar-refractivity contribution in [1.82, 2.24) is 30.5 Å². The van der Waals surface area contributed by atoms with Gasteiger partial charge in [-0.25, -0.2) is 24.0 Å². The molecule has 464 valence electrons. The molecule has 6 N–H and O–H groups in total. The Hall–Kier alpha value is -7.61. The van der Waals surface area contributed by atoms with Gasteiger partial charge in [-0.2, -0.15) is 59.4 Å². The van der Waals surface area contributed by atoms with Gasteiger partial charge in [0.05, 0.1) is 18.5 Å². The Bertz CT molecular complexity index is 3250. The van der Waals surface area contributed by atoms with Gasteiger partial charge in [-0.15, -0.1) is 47.0 Å². The number of nitrogens with zero attached hydrogens (tertiary/aromatic N) is 10. The van der Waals surface area contributed by atoms with E-state index < -0.39 is 106 Å². The SMILES string of the molecule is CC1=CC2(N=N1)C(=O)N1[C@@H](C(=O)O)C(C)(C)S[C@@H]12.CC1=NNC2(C1)C(=O)N1[C@@H](C(=O)O)C(C)(C)S[C@@H]12.CCC1=NNC2(C1)C(=O)N1[C@@H](C(=O)O)C(C)(C)S[C@@H]12.COC(=O)C1=C(C)N=NC12C(=O)N1[C@@H](C(=O)O)C(C)(C)S[C@@H]12.O=C=O.O=C=O.O=C=O. The smallest absolute Gasteiger partial charge is 0.373 e. The molecule has 36 heteroatoms. The molecule has 0 aromatic rings. The number of ether oxygens (including phenoxy) is 1. The van der Waals surface area contributed by atoms with E-state index >= 15 is 0 Å². The second-order valence-electron chi connectivity index (χ2n) is 23.0. The molecule has 86 heavy (non-hydrogen) atoms. The number of hydrogen-bond donors (Lipinski definition) is 6. The summed E-state index contributed by atoms with van der Waals surface area (Å²) in [6, 6.07) is -3.27. The summed E-state index contributed by atoms with van der Waals surface area (Å²) in [5, 5.41) is 60.5. The molecule has 8 fully saturated rings. The van der Waals surface area contributed by atoms with Crippen molar-refractivity contribution in [2.24, 2.45) is 30.7 Å². The van der Waals surface area contributed by atoms with Gasteiger partial charge in [0.25, 0.3) is 23.6 Å². The van der Waals surface area contributed by atoms with E-state index in [9.17, 15) is 63.6 Å². The summed E-state index contributed by atoms with van der Waals surface area (Å²) in [7, 11) is 1.22. The fourth-order valence-corrected chi connectivity index (χ4v) is 19.1. The molecule has 12 atom stereocenters. The molecule has 32 nitrogen and oxygen atoms in total. The van der Waals surface area contributed by atoms with Crippen LogP contribution in [-0.4, -0.2) is 217 Å². The minimum absolute atomic E-state index is 0.107. The molecule has 8 saturated heterocycles. The van der Waals surface area contributed by atoms with Crippen LogP contribution in [0.1, 0.15) is 102 Å². The first-order valence-corrected chi connectivity index (χ1v) is 29.3. The number of rotatable bonds is 6. The number of thioether (sulfide) groups is 4. The summed E-state index contributed by atoms with van der Waals surface area (Å²) >= 11 is 5.90. The van der Waals surface area contributed by atoms with E-state index in [-0.39, 0.29) is 57.9 Å². The number of carboxylic acid groups (broad SMARTS) is 4. The van der Waals surface area contributed by atoms with Crippen molar-refractivity contribution >= 4 is 130 Å². The summed E-state index contributed by atoms with van der Waals surface area (Å²) in [5.74, 6) is -5.59. The quantitative estimate of drug-likeness (QED) is 0.160. The van der Waals surface area contributed by atoms with Gasteiger partial charge in [0.1, 0.15) is 51.2 Å². The van der Waals surface area contributed by atoms with Crippen LogP contribution >= 0.6 is 47.0 Å². The number of allylic oxidation sites excluding steroid dienone is 2. The van der Waals surface area contributed by atoms with Crippen LogP contribution in [0.4, 0.5) is 0 Å². The van der Waals surface area contributed by atoms with Crippen LogP contribution < -0.4 is 10.9 Å². The topological polar surface area (TPSA) is 457 Å². The number of amides is 4. The molecule has 4 amide bonds. The number of aliphatic carboxylic acids is 4. The molecule has 12 aliphatic rings. The fourth-order valence-electron chi connectivity index (χ4n) is 12.4. The van der Waals surface area contributed by atoms with Crippen molar-refractivity contribution in [2.75, 3.05) is 7.11 Å². The van der Waals surface area contributed by atoms with Crippen LogP contribution in [0.5, 0.6) is 0 Å². The Kier molecular flexibility index (Phi) is 18.5. The number of carboxylic acids is 4. The van der Waals surface area contributed by atoms with Crippen LogP contribution in [0, 0.1) is 0 Å². The maximum atomic E-state index is 12.7. The van der Waals surface area contributed by atoms with Gasteiger partial charge in [-0.1, -0.05) is 6.92 Å². The Balaban J connectivity index is 0.000000175. The minimum atomic E-state index is -1.44. The molecule has 0 saturated carbocycles. The highest BCUT2D eigenvalue weighted by molar-refractivity contribution is 8.02. The summed E-state index contributed by atoms with van der Waals surface area (Å²) < 4.78 is 2.58. The van der Waals surface area contributed by atoms with Crippen LogP contribution in [0.2, 0.25) is 0 Å². The highest BCUT2D eigenvalue weighted by atomic mass is 32.2. The number of hydrazone groups is 2. The zero-order valence-electron chi connectivity index (χ0n) is 48.2. The molecular weight excluding hydrogens is 1220 g/mol. The first-order chi connectivity index (χ1) is 39.8. The third-order valence-electron chi connectivity index (χ3n) is 15.9. The summed E-state index contributed by atoms with van der Waals surface area (Å²) in [6.07, 6.45) is 4.47. The highest BCUT2D eigenvalue weighted by Gasteiger charge is 2.77. The van der Waals surface area contributed by atoms with Crippen molar-refractivity contribution in [3.05, 3.63) is 23.0 Å². The monoisotopic (exact) mass is 1280 g/mol. The molecule has 0 aliphatic carbocycles. The lowest BCUT2D eigenvalue weighted by Gasteiger charge is -2.50. The lowest BCUT2D eigenvalue weighted by Crippen LogP contribution is -2.77. The first kappa shape index (κ1) is 67.5. The Morgan fingerprint density at radius 3 is 1.29 bits per heavy atom. The van der Waals surface area contributed by atoms with Gasteiger partial charge in [0, 0.05) is 43.3 Å². The molecule has 12 heterocycles. The normalized spacial score (nSPS) is 34.5. The van der Waals surface area contributed by atoms with E-state index in [0.717, 1.165) is 17.8 Å². The van der Waals surface area contributed by atoms with E-state index in [4.69, 9.17) is 33.5 Å². The van der Waals surface area contributed by atoms with E-state index in [0.29, 0.717) is 24.2 Å². The number of carbonyl (C=O) groups excluding carboxylic acids is 11. The molecule has 12 rings (SSSR count). The highest BCUT2D eigenvalue weighted by Crippen LogP contribution is 2.62. The first-order valence-electron chi connectivity index (χ1n) is 25.7. The molecule has 0 radical (unpaired) electrons. The molecular formula is C50H60N12O20S4. The predicted octanol–water partition coefficient (Wildman–Crippen LogP) is 1.15. The zero-order chi connectivity index (χ0) is 65.2. The van der Waals surface area contributed by atoms with Gasteiger partial charge in [-0.05, 0) is 88.7 Å². The average Bonchev–Trinajstić information content (AvgIpc) is 1.52. The van der Waals surface area contributed by atoms with Crippen molar-refractivity contribution < 1.29 is 97.1 Å². The van der Waals surface area contributed by atoms with Crippen molar-refractivity contribution in [3.63, 3.8) is 0 Å². The molecule has 0 bridgehead atoms. The number of nitrogens with one attached hydrogen (secondary N) is 2. The lowest BCUT2D eigenvalue weighted by molar-refractivity contribution is -0.193. The van der Waals surface area contributed by atoms with Crippen LogP contribution in [-0.2, 0) is 76.7 Å². The van der Waals surface area contributed by atoms with Gasteiger partial charge in [0.2, 0.25) is 11.1 Å². The molecule has 4 unspecified atom stereocenters. The van der Waals surface area contributed by atoms with Gasteiger partial charge >= 0.3 is 48.3 Å². The van der Waals surface area contributed by atoms with E-state index in [1.54, 1.807) is 57.3 Å². The second-order valence-corrected chi connectivity index (χ2v) is 29.9. The molecule has 4 spiro atoms. The maximum absolute atomic E-state index is 12.7. The summed E-state index contributed by atoms with van der Waals surface area (Å²) in [4.78, 5) is 162. The van der Waals surface area contributed by atoms with Gasteiger partial charge < -0.3 is 44.8 Å². The fraction of sp³-hybridized carbons (Fsp3) is 0.640. The zero-order valence-corrected chi connectivity index (χ0v) is 51.5. The number of β-lactam (4-membered cyclic amide) rings is 4. The Morgan fingerprint density at radius 1 is 0.570 bits per heavy atom. The van der Waals surface area contributed by atoms with E-state index in [2.05, 4.69) is 41.5 Å². The summed E-state index contributed by atoms with van der Waals surface area (Å²) in [5.41, 5.74) is 5.12. The van der Waals surface area contributed by atoms with Crippen LogP contribution in [0.3, 0.4) is 0 Å². The third kappa shape index (κ3) is 10.3. The van der Waals surface area contributed by atoms with Crippen LogP contribution in [0.25, 0.3) is 0 Å². The van der Waals surface area contributed by atoms with Gasteiger partial charge in [0.15, 0.2) is 11.1 Å². The maximum Gasteiger partial charge on any atom is 0.373 e. The number of hydrogen-bond acceptors (Lipinski definition) is 28. The van der Waals surface area contributed by atoms with E-state index in [1.165, 1.54) is 50.2 Å². The van der Waals surface area contributed by atoms with Crippen molar-refractivity contribution in [1.29, 1.82) is 0 Å². The predicted molar refractivity (Wildman–Crippen MR) is 295 cm³/mol. The summed E-state index contributed by atoms with van der Waals surface area (Å²) in [6.45, 7) is 22.0. The number of azo groups is 2. The number of carbonyl (C=O) groups is 9. The molecule has 0 aromatic carbocycles. The number of methoxy groups -OCH3 is 1. The molecule has 12 aliphatic heterocycles. The Morgan fingerprint density at radius 2 is 0.942 bits per heavy atom. The number of esters is 1. The average molecular weight is 1280 g/mol. The standard InChI is InChI=1S/C13H15N3O5S.C12H17N3O3S.C11H15N3O3S.C11H13N3O3S.3CO2/c1-5-6(9(19)21-4)13(15-14-5)10(20)16-7(8(17)18)12(2,3)22-11(13)16;1-4-6-5-12(14-13-6)9(18)15-7(8(16)17)11(2,3)19-10(12)15;2*1-5-4-11(13-12-5)8(17)14-6(7(15)16)10(2,3)18-9(11)14;3*2-1-3/h7,11H,1-4H3,(H,17,18);7,10,14H,4-5H2,1-3H3,(H,16,17);6,9,13H,4H2,1-3H3,(H,15,16);4,6,9H,1-3H3,(H,15,16);;;/t7-,11+,13?;7-,10+,12?;2*6-,9+,11?;;;/m0000.../s1. The minimum Gasteiger partial charge on any atom is -0.480 e. The van der Waals surface area contributed by atoms with Gasteiger partial charge in [-0.3, -0.25) is 30.0 Å². The number of fused-ring (bicyclic) bond motifs is 8. The lowest BCUT2D eigenvalue weighted by atomic mass is 9.79. The Labute approximate surface area is 505 Å².